The van der Waals surface area contributed by atoms with E-state index in [0.717, 1.165) is 51.9 Å². The largest absolute Gasteiger partial charge is 0.356 e. The smallest absolute Gasteiger partial charge is 0.274 e. The Morgan fingerprint density at radius 2 is 1.94 bits per heavy atom. The van der Waals surface area contributed by atoms with E-state index in [2.05, 4.69) is 20.3 Å². The summed E-state index contributed by atoms with van der Waals surface area (Å²) in [4.78, 5) is 34.7. The molecule has 172 valence electrons. The van der Waals surface area contributed by atoms with Crippen LogP contribution in [0.25, 0.3) is 0 Å². The van der Waals surface area contributed by atoms with Crippen LogP contribution in [0.5, 0.6) is 0 Å². The number of hydrogen-bond acceptors (Lipinski definition) is 5. The second-order valence-corrected chi connectivity index (χ2v) is 8.80. The molecular weight excluding hydrogens is 404 g/mol. The molecule has 0 spiro atoms. The molecule has 4 heterocycles. The highest BCUT2D eigenvalue weighted by Crippen LogP contribution is 2.26. The quantitative estimate of drug-likeness (QED) is 0.792. The van der Waals surface area contributed by atoms with Gasteiger partial charge in [-0.1, -0.05) is 12.8 Å². The normalized spacial score (nSPS) is 23.2. The molecule has 8 nitrogen and oxygen atoms in total. The number of carbonyl (C=O) groups excluding carboxylic acids is 2. The van der Waals surface area contributed by atoms with Crippen LogP contribution in [0.2, 0.25) is 0 Å². The fraction of sp³-hybridized carbons (Fsp3) is 0.583. The Morgan fingerprint density at radius 3 is 2.72 bits per heavy atom. The molecule has 2 aliphatic rings. The Morgan fingerprint density at radius 1 is 1.12 bits per heavy atom. The van der Waals surface area contributed by atoms with Crippen LogP contribution in [0.1, 0.15) is 55.1 Å². The third-order valence-corrected chi connectivity index (χ3v) is 6.67. The molecule has 0 aromatic carbocycles. The van der Waals surface area contributed by atoms with Crippen molar-refractivity contribution in [1.29, 1.82) is 0 Å². The predicted octanol–water partition coefficient (Wildman–Crippen LogP) is 2.32. The molecule has 4 rings (SSSR count). The molecule has 0 aliphatic carbocycles. The summed E-state index contributed by atoms with van der Waals surface area (Å²) in [5.74, 6) is -0.0413. The zero-order valence-corrected chi connectivity index (χ0v) is 18.9. The zero-order chi connectivity index (χ0) is 22.3. The molecule has 32 heavy (non-hydrogen) atoms. The van der Waals surface area contributed by atoms with Gasteiger partial charge in [-0.05, 0) is 56.5 Å². The minimum Gasteiger partial charge on any atom is -0.356 e. The van der Waals surface area contributed by atoms with Crippen molar-refractivity contribution in [3.05, 3.63) is 48.0 Å². The third-order valence-electron chi connectivity index (χ3n) is 6.67. The molecule has 0 radical (unpaired) electrons. The number of likely N-dealkylation sites (tertiary alicyclic amines) is 1. The zero-order valence-electron chi connectivity index (χ0n) is 18.9. The van der Waals surface area contributed by atoms with E-state index in [-0.39, 0.29) is 23.8 Å². The highest BCUT2D eigenvalue weighted by Gasteiger charge is 2.39. The van der Waals surface area contributed by atoms with Gasteiger partial charge in [0.15, 0.2) is 0 Å². The lowest BCUT2D eigenvalue weighted by Crippen LogP contribution is -2.57. The van der Waals surface area contributed by atoms with Crippen molar-refractivity contribution in [2.75, 3.05) is 26.2 Å². The van der Waals surface area contributed by atoms with E-state index >= 15 is 0 Å². The van der Waals surface area contributed by atoms with Crippen molar-refractivity contribution < 1.29 is 9.59 Å². The Bertz CT molecular complexity index is 899. The molecule has 2 amide bonds. The van der Waals surface area contributed by atoms with Gasteiger partial charge in [-0.15, -0.1) is 0 Å². The summed E-state index contributed by atoms with van der Waals surface area (Å²) in [5.41, 5.74) is 1.66. The van der Waals surface area contributed by atoms with Crippen LogP contribution >= 0.6 is 0 Å². The number of amides is 2. The lowest BCUT2D eigenvalue weighted by atomic mass is 9.88. The SMILES string of the molecule is CCn1ccc(C(=O)N2CC[C@H]3C(=O)NCCCCCCN(Cc4ccncc4)[C@@H]3C2)n1. The van der Waals surface area contributed by atoms with E-state index in [0.29, 0.717) is 25.2 Å². The van der Waals surface area contributed by atoms with E-state index in [1.54, 1.807) is 10.7 Å². The summed E-state index contributed by atoms with van der Waals surface area (Å²) in [6, 6.07) is 5.83. The average molecular weight is 439 g/mol. The summed E-state index contributed by atoms with van der Waals surface area (Å²) in [6.07, 6.45) is 10.5. The van der Waals surface area contributed by atoms with Crippen molar-refractivity contribution in [3.8, 4) is 0 Å². The Kier molecular flexibility index (Phi) is 7.52. The molecular formula is C24H34N6O2. The van der Waals surface area contributed by atoms with Crippen molar-refractivity contribution in [3.63, 3.8) is 0 Å². The molecule has 2 aliphatic heterocycles. The van der Waals surface area contributed by atoms with Crippen molar-refractivity contribution in [2.24, 2.45) is 5.92 Å². The molecule has 1 N–H and O–H groups in total. The first-order chi connectivity index (χ1) is 15.7. The van der Waals surface area contributed by atoms with Crippen molar-refractivity contribution in [2.45, 2.75) is 58.2 Å². The van der Waals surface area contributed by atoms with Crippen LogP contribution in [0, 0.1) is 5.92 Å². The third kappa shape index (κ3) is 5.35. The van der Waals surface area contributed by atoms with Gasteiger partial charge in [0.2, 0.25) is 5.91 Å². The van der Waals surface area contributed by atoms with Crippen molar-refractivity contribution >= 4 is 11.8 Å². The van der Waals surface area contributed by atoms with Gasteiger partial charge in [-0.25, -0.2) is 0 Å². The summed E-state index contributed by atoms with van der Waals surface area (Å²) in [5, 5.41) is 7.56. The maximum Gasteiger partial charge on any atom is 0.274 e. The van der Waals surface area contributed by atoms with Gasteiger partial charge >= 0.3 is 0 Å². The molecule has 2 fully saturated rings. The number of nitrogens with one attached hydrogen (secondary N) is 1. The van der Waals surface area contributed by atoms with Crippen LogP contribution < -0.4 is 5.32 Å². The topological polar surface area (TPSA) is 83.4 Å². The van der Waals surface area contributed by atoms with Crippen LogP contribution in [-0.4, -0.2) is 68.6 Å². The first kappa shape index (κ1) is 22.5. The highest BCUT2D eigenvalue weighted by atomic mass is 16.2. The lowest BCUT2D eigenvalue weighted by Gasteiger charge is -2.43. The van der Waals surface area contributed by atoms with Gasteiger partial charge in [0, 0.05) is 57.4 Å². The highest BCUT2D eigenvalue weighted by molar-refractivity contribution is 5.92. The number of pyridine rings is 1. The number of carbonyl (C=O) groups is 2. The Balaban J connectivity index is 1.58. The second kappa shape index (κ2) is 10.7. The monoisotopic (exact) mass is 438 g/mol. The molecule has 2 atom stereocenters. The maximum absolute atomic E-state index is 13.2. The van der Waals surface area contributed by atoms with Gasteiger partial charge in [0.05, 0.1) is 5.92 Å². The van der Waals surface area contributed by atoms with Crippen LogP contribution in [-0.2, 0) is 17.9 Å². The second-order valence-electron chi connectivity index (χ2n) is 8.80. The predicted molar refractivity (Wildman–Crippen MR) is 122 cm³/mol. The summed E-state index contributed by atoms with van der Waals surface area (Å²) in [6.45, 7) is 6.27. The van der Waals surface area contributed by atoms with E-state index in [1.807, 2.05) is 42.5 Å². The average Bonchev–Trinajstić information content (AvgIpc) is 3.30. The van der Waals surface area contributed by atoms with E-state index < -0.39 is 0 Å². The Labute approximate surface area is 190 Å². The fourth-order valence-electron chi connectivity index (χ4n) is 4.83. The Hall–Kier alpha value is -2.74. The number of fused-ring (bicyclic) bond motifs is 1. The standard InChI is InChI=1S/C24H34N6O2/c1-2-30-16-10-21(27-30)24(32)29-15-9-20-22(18-29)28(17-19-7-12-25-13-8-19)14-6-4-3-5-11-26-23(20)31/h7-8,10,12-13,16,20,22H,2-6,9,11,14-15,17-18H2,1H3,(H,26,31)/t20-,22-/m1/s1. The number of aromatic nitrogens is 3. The minimum atomic E-state index is -0.118. The molecule has 2 aromatic rings. The molecule has 8 heteroatoms. The fourth-order valence-corrected chi connectivity index (χ4v) is 4.83. The number of hydrogen-bond donors (Lipinski definition) is 1. The van der Waals surface area contributed by atoms with Crippen molar-refractivity contribution in [1.82, 2.24) is 29.9 Å². The van der Waals surface area contributed by atoms with Crippen LogP contribution in [0.15, 0.2) is 36.8 Å². The van der Waals surface area contributed by atoms with Gasteiger partial charge < -0.3 is 10.2 Å². The van der Waals surface area contributed by atoms with E-state index in [4.69, 9.17) is 0 Å². The van der Waals surface area contributed by atoms with Gasteiger partial charge in [-0.2, -0.15) is 5.10 Å². The van der Waals surface area contributed by atoms with Crippen LogP contribution in [0.4, 0.5) is 0 Å². The number of rotatable bonds is 4. The number of aryl methyl sites for hydroxylation is 1. The van der Waals surface area contributed by atoms with E-state index in [9.17, 15) is 9.59 Å². The number of nitrogens with zero attached hydrogens (tertiary/aromatic N) is 5. The molecule has 2 saturated heterocycles. The molecule has 0 saturated carbocycles. The minimum absolute atomic E-state index is 0.0211. The molecule has 0 bridgehead atoms. The summed E-state index contributed by atoms with van der Waals surface area (Å²) in [7, 11) is 0. The molecule has 0 unspecified atom stereocenters. The maximum atomic E-state index is 13.2. The van der Waals surface area contributed by atoms with Gasteiger partial charge in [-0.3, -0.25) is 24.2 Å². The molecule has 2 aromatic heterocycles. The summed E-state index contributed by atoms with van der Waals surface area (Å²) < 4.78 is 1.77. The van der Waals surface area contributed by atoms with Gasteiger partial charge in [0.1, 0.15) is 5.69 Å². The first-order valence-electron chi connectivity index (χ1n) is 11.9. The summed E-state index contributed by atoms with van der Waals surface area (Å²) >= 11 is 0. The van der Waals surface area contributed by atoms with E-state index in [1.165, 1.54) is 5.56 Å². The first-order valence-corrected chi connectivity index (χ1v) is 11.9. The number of piperidine rings is 1. The van der Waals surface area contributed by atoms with Crippen LogP contribution in [0.3, 0.4) is 0 Å². The van der Waals surface area contributed by atoms with Gasteiger partial charge in [0.25, 0.3) is 5.91 Å². The lowest BCUT2D eigenvalue weighted by molar-refractivity contribution is -0.129.